The van der Waals surface area contributed by atoms with E-state index >= 15 is 0 Å². The summed E-state index contributed by atoms with van der Waals surface area (Å²) in [5.74, 6) is -0.0143. The summed E-state index contributed by atoms with van der Waals surface area (Å²) in [6, 6.07) is 21.3. The molecule has 2 heterocycles. The maximum atomic E-state index is 14.0. The Morgan fingerprint density at radius 2 is 1.83 bits per heavy atom. The van der Waals surface area contributed by atoms with Crippen molar-refractivity contribution < 1.29 is 5.76 Å². The molecule has 0 aliphatic heterocycles. The molecule has 0 saturated heterocycles. The molecule has 2 aliphatic rings. The lowest BCUT2D eigenvalue weighted by molar-refractivity contribution is 0.610. The van der Waals surface area contributed by atoms with Crippen LogP contribution in [0, 0.1) is 17.1 Å². The summed E-state index contributed by atoms with van der Waals surface area (Å²) >= 11 is 0. The summed E-state index contributed by atoms with van der Waals surface area (Å²) in [6.45, 7) is 2.12. The lowest BCUT2D eigenvalue weighted by atomic mass is 9.98. The Labute approximate surface area is 245 Å². The first kappa shape index (κ1) is 25.0. The number of aromatic nitrogens is 4. The minimum atomic E-state index is -1.54. The van der Waals surface area contributed by atoms with Gasteiger partial charge in [0.2, 0.25) is 0 Å². The van der Waals surface area contributed by atoms with Crippen molar-refractivity contribution in [1.29, 1.82) is 5.26 Å². The van der Waals surface area contributed by atoms with Gasteiger partial charge in [-0.1, -0.05) is 54.6 Å². The van der Waals surface area contributed by atoms with Crippen molar-refractivity contribution in [2.24, 2.45) is 0 Å². The molecule has 7 rings (SSSR count). The van der Waals surface area contributed by atoms with E-state index in [1.165, 1.54) is 12.1 Å². The molecule has 2 N–H and O–H groups in total. The van der Waals surface area contributed by atoms with Gasteiger partial charge in [-0.3, -0.25) is 4.98 Å². The summed E-state index contributed by atoms with van der Waals surface area (Å²) in [7, 11) is 0. The smallest absolute Gasteiger partial charge is 0.123 e. The Balaban J connectivity index is 1.37. The highest BCUT2D eigenvalue weighted by Gasteiger charge is 2.30. The van der Waals surface area contributed by atoms with E-state index in [1.807, 2.05) is 35.1 Å². The van der Waals surface area contributed by atoms with E-state index in [1.54, 1.807) is 18.3 Å². The number of nitriles is 1. The fourth-order valence-electron chi connectivity index (χ4n) is 5.58. The quantitative estimate of drug-likeness (QED) is 0.182. The monoisotopic (exact) mass is 558 g/mol. The van der Waals surface area contributed by atoms with Gasteiger partial charge in [-0.2, -0.15) is 5.26 Å². The molecule has 0 unspecified atom stereocenters. The number of hydrogen-bond donors (Lipinski definition) is 2. The summed E-state index contributed by atoms with van der Waals surface area (Å²) in [4.78, 5) is 4.77. The van der Waals surface area contributed by atoms with Crippen LogP contribution in [0.3, 0.4) is 0 Å². The zero-order chi connectivity index (χ0) is 29.6. The normalized spacial score (nSPS) is 17.2. The molecule has 210 valence electrons. The van der Waals surface area contributed by atoms with E-state index in [9.17, 15) is 11.0 Å². The van der Waals surface area contributed by atoms with Crippen LogP contribution in [-0.2, 0) is 0 Å². The Hall–Kier alpha value is -4.77. The molecule has 0 amide bonds. The molecular weight excluding hydrogens is 525 g/mol. The molecule has 7 nitrogen and oxygen atoms in total. The Bertz CT molecular complexity index is 1820. The lowest BCUT2D eigenvalue weighted by Gasteiger charge is -2.23. The van der Waals surface area contributed by atoms with E-state index in [-0.39, 0.29) is 11.9 Å². The first-order chi connectivity index (χ1) is 21.0. The fourth-order valence-corrected chi connectivity index (χ4v) is 5.58. The van der Waals surface area contributed by atoms with Gasteiger partial charge in [-0.15, -0.1) is 5.10 Å². The molecule has 2 atom stereocenters. The molecule has 0 radical (unpaired) electrons. The number of halogens is 1. The largest absolute Gasteiger partial charge is 0.377 e. The SMILES string of the molecule is [2H][C@@](Nc1cc(C2CC2)c2ncc(C#N)c(N[C@H](CC)c3ccccc3)c2c1)(c1ccc(F)cc1)c1cn(C2CC2)nn1. The number of benzene rings is 3. The average molecular weight is 559 g/mol. The maximum absolute atomic E-state index is 14.0. The highest BCUT2D eigenvalue weighted by Crippen LogP contribution is 2.46. The third-order valence-corrected chi connectivity index (χ3v) is 8.16. The molecule has 0 bridgehead atoms. The lowest BCUT2D eigenvalue weighted by Crippen LogP contribution is -2.14. The van der Waals surface area contributed by atoms with Crippen LogP contribution in [0.15, 0.2) is 79.1 Å². The second-order valence-corrected chi connectivity index (χ2v) is 11.2. The van der Waals surface area contributed by atoms with Crippen molar-refractivity contribution in [3.8, 4) is 6.07 Å². The van der Waals surface area contributed by atoms with Gasteiger partial charge in [0.15, 0.2) is 0 Å². The molecule has 2 saturated carbocycles. The molecule has 8 heteroatoms. The number of nitrogens with zero attached hydrogens (tertiary/aromatic N) is 5. The Morgan fingerprint density at radius 1 is 1.05 bits per heavy atom. The second-order valence-electron chi connectivity index (χ2n) is 11.2. The molecule has 2 aliphatic carbocycles. The molecular formula is C34H32FN7. The standard InChI is InChI=1S/C34H32FN7/c1-2-30(22-6-4-3-5-7-22)39-32-24(18-36)19-37-34-28(21-8-9-21)16-26(17-29(32)34)38-33(23-10-12-25(35)13-11-23)31-20-42(41-40-31)27-14-15-27/h3-7,10-13,16-17,19-21,27,30,33,38H,2,8-9,14-15H2,1H3,(H,37,39)/t30-,33-/m1/s1/i33D. The van der Waals surface area contributed by atoms with Crippen molar-refractivity contribution in [2.45, 2.75) is 63.0 Å². The van der Waals surface area contributed by atoms with Gasteiger partial charge >= 0.3 is 0 Å². The predicted octanol–water partition coefficient (Wildman–Crippen LogP) is 7.81. The van der Waals surface area contributed by atoms with Gasteiger partial charge in [0, 0.05) is 17.3 Å². The van der Waals surface area contributed by atoms with Crippen LogP contribution in [-0.4, -0.2) is 20.0 Å². The van der Waals surface area contributed by atoms with Crippen molar-refractivity contribution in [3.05, 3.63) is 113 Å². The van der Waals surface area contributed by atoms with Crippen molar-refractivity contribution in [3.63, 3.8) is 0 Å². The zero-order valence-corrected chi connectivity index (χ0v) is 23.4. The minimum absolute atomic E-state index is 0.00756. The second kappa shape index (κ2) is 10.9. The van der Waals surface area contributed by atoms with E-state index in [2.05, 4.69) is 52.1 Å². The number of pyridine rings is 1. The molecule has 2 aromatic heterocycles. The minimum Gasteiger partial charge on any atom is -0.377 e. The van der Waals surface area contributed by atoms with Crippen LogP contribution in [0.25, 0.3) is 10.9 Å². The van der Waals surface area contributed by atoms with Crippen LogP contribution in [0.5, 0.6) is 0 Å². The van der Waals surface area contributed by atoms with E-state index < -0.39 is 6.02 Å². The van der Waals surface area contributed by atoms with Crippen LogP contribution < -0.4 is 10.6 Å². The number of rotatable bonds is 10. The highest BCUT2D eigenvalue weighted by molar-refractivity contribution is 5.98. The van der Waals surface area contributed by atoms with E-state index in [0.29, 0.717) is 34.5 Å². The van der Waals surface area contributed by atoms with Crippen molar-refractivity contribution in [2.75, 3.05) is 10.6 Å². The molecule has 3 aromatic carbocycles. The Kier molecular flexibility index (Phi) is 6.48. The van der Waals surface area contributed by atoms with Gasteiger partial charge in [-0.05, 0) is 79.0 Å². The van der Waals surface area contributed by atoms with Gasteiger partial charge in [0.25, 0.3) is 0 Å². The van der Waals surface area contributed by atoms with Crippen molar-refractivity contribution >= 4 is 22.3 Å². The third-order valence-electron chi connectivity index (χ3n) is 8.16. The number of hydrogen-bond acceptors (Lipinski definition) is 6. The van der Waals surface area contributed by atoms with Crippen molar-refractivity contribution in [1.82, 2.24) is 20.0 Å². The van der Waals surface area contributed by atoms with Gasteiger partial charge in [0.1, 0.15) is 17.6 Å². The zero-order valence-electron chi connectivity index (χ0n) is 24.4. The van der Waals surface area contributed by atoms with Crippen LogP contribution in [0.1, 0.15) is 92.4 Å². The van der Waals surface area contributed by atoms with E-state index in [4.69, 9.17) is 4.98 Å². The van der Waals surface area contributed by atoms with Crippen LogP contribution in [0.2, 0.25) is 0 Å². The first-order valence-corrected chi connectivity index (χ1v) is 14.6. The summed E-state index contributed by atoms with van der Waals surface area (Å²) in [6.07, 6.45) is 8.50. The molecule has 0 spiro atoms. The molecule has 2 fully saturated rings. The third kappa shape index (κ3) is 5.18. The van der Waals surface area contributed by atoms with E-state index in [0.717, 1.165) is 59.8 Å². The number of anilines is 2. The molecule has 42 heavy (non-hydrogen) atoms. The topological polar surface area (TPSA) is 91.5 Å². The summed E-state index contributed by atoms with van der Waals surface area (Å²) < 4.78 is 25.5. The van der Waals surface area contributed by atoms with Gasteiger partial charge < -0.3 is 10.6 Å². The fraction of sp³-hybridized carbons (Fsp3) is 0.294. The first-order valence-electron chi connectivity index (χ1n) is 15.1. The summed E-state index contributed by atoms with van der Waals surface area (Å²) in [5.41, 5.74) is 5.93. The van der Waals surface area contributed by atoms with Crippen LogP contribution in [0.4, 0.5) is 15.8 Å². The maximum Gasteiger partial charge on any atom is 0.123 e. The highest BCUT2D eigenvalue weighted by atomic mass is 19.1. The van der Waals surface area contributed by atoms with Crippen LogP contribution >= 0.6 is 0 Å². The molecule has 5 aromatic rings. The predicted molar refractivity (Wildman–Crippen MR) is 162 cm³/mol. The summed E-state index contributed by atoms with van der Waals surface area (Å²) in [5, 5.41) is 26.8. The van der Waals surface area contributed by atoms with Gasteiger partial charge in [0.05, 0.1) is 42.4 Å². The van der Waals surface area contributed by atoms with Gasteiger partial charge in [-0.25, -0.2) is 9.07 Å². The number of fused-ring (bicyclic) bond motifs is 1. The Morgan fingerprint density at radius 3 is 2.52 bits per heavy atom. The average Bonchev–Trinajstić information content (AvgIpc) is 3.98. The number of nitrogens with one attached hydrogen (secondary N) is 2.